The van der Waals surface area contributed by atoms with Crippen LogP contribution in [0.25, 0.3) is 0 Å². The highest BCUT2D eigenvalue weighted by atomic mass is 35.5. The molecular formula is C17H18ClN3O2S. The fourth-order valence-corrected chi connectivity index (χ4v) is 3.52. The number of hydrogen-bond donors (Lipinski definition) is 1. The van der Waals surface area contributed by atoms with Crippen molar-refractivity contribution in [2.24, 2.45) is 0 Å². The van der Waals surface area contributed by atoms with Crippen LogP contribution in [0.2, 0.25) is 5.02 Å². The Labute approximate surface area is 149 Å². The van der Waals surface area contributed by atoms with Crippen LogP contribution in [0.1, 0.15) is 9.67 Å². The highest BCUT2D eigenvalue weighted by Crippen LogP contribution is 2.16. The van der Waals surface area contributed by atoms with Gasteiger partial charge < -0.3 is 10.2 Å². The number of anilines is 1. The summed E-state index contributed by atoms with van der Waals surface area (Å²) in [6, 6.07) is 10.8. The third-order valence-electron chi connectivity index (χ3n) is 3.87. The molecule has 126 valence electrons. The molecule has 1 aliphatic heterocycles. The molecule has 0 unspecified atom stereocenters. The second-order valence-corrected chi connectivity index (χ2v) is 6.99. The van der Waals surface area contributed by atoms with Gasteiger partial charge in [-0.3, -0.25) is 14.5 Å². The van der Waals surface area contributed by atoms with Crippen LogP contribution in [0, 0.1) is 0 Å². The lowest BCUT2D eigenvalue weighted by Crippen LogP contribution is -2.50. The lowest BCUT2D eigenvalue weighted by molar-refractivity contribution is -0.117. The zero-order valence-corrected chi connectivity index (χ0v) is 14.6. The van der Waals surface area contributed by atoms with Gasteiger partial charge in [0.05, 0.1) is 11.4 Å². The number of amides is 2. The standard InChI is InChI=1S/C17H18ClN3O2S/c18-13-3-1-4-14(11-13)19-16(22)12-20-6-8-21(9-7-20)17(23)15-5-2-10-24-15/h1-5,10-11H,6-9,12H2,(H,19,22). The van der Waals surface area contributed by atoms with Crippen LogP contribution in [0.3, 0.4) is 0 Å². The van der Waals surface area contributed by atoms with Gasteiger partial charge in [0.25, 0.3) is 5.91 Å². The van der Waals surface area contributed by atoms with Gasteiger partial charge in [-0.1, -0.05) is 23.7 Å². The van der Waals surface area contributed by atoms with Crippen molar-refractivity contribution in [3.8, 4) is 0 Å². The second-order valence-electron chi connectivity index (χ2n) is 5.60. The summed E-state index contributed by atoms with van der Waals surface area (Å²) in [6.45, 7) is 2.98. The van der Waals surface area contributed by atoms with Gasteiger partial charge in [-0.2, -0.15) is 0 Å². The number of carbonyl (C=O) groups is 2. The van der Waals surface area contributed by atoms with E-state index >= 15 is 0 Å². The van der Waals surface area contributed by atoms with Gasteiger partial charge in [0.15, 0.2) is 0 Å². The molecule has 1 N–H and O–H groups in total. The molecule has 1 saturated heterocycles. The summed E-state index contributed by atoms with van der Waals surface area (Å²) < 4.78 is 0. The van der Waals surface area contributed by atoms with E-state index in [1.807, 2.05) is 22.4 Å². The van der Waals surface area contributed by atoms with Crippen molar-refractivity contribution in [1.82, 2.24) is 9.80 Å². The zero-order valence-electron chi connectivity index (χ0n) is 13.1. The van der Waals surface area contributed by atoms with Gasteiger partial charge >= 0.3 is 0 Å². The van der Waals surface area contributed by atoms with Crippen LogP contribution in [0.15, 0.2) is 41.8 Å². The summed E-state index contributed by atoms with van der Waals surface area (Å²) in [4.78, 5) is 29.1. The van der Waals surface area contributed by atoms with Crippen LogP contribution in [-0.4, -0.2) is 54.3 Å². The van der Waals surface area contributed by atoms with Crippen molar-refractivity contribution in [3.63, 3.8) is 0 Å². The number of rotatable bonds is 4. The molecule has 1 aromatic heterocycles. The Bertz CT molecular complexity index is 712. The average molecular weight is 364 g/mol. The Morgan fingerprint density at radius 2 is 1.92 bits per heavy atom. The van der Waals surface area contributed by atoms with Gasteiger partial charge in [0.1, 0.15) is 0 Å². The van der Waals surface area contributed by atoms with E-state index in [2.05, 4.69) is 10.2 Å². The molecule has 0 bridgehead atoms. The molecule has 5 nitrogen and oxygen atoms in total. The number of hydrogen-bond acceptors (Lipinski definition) is 4. The molecule has 1 fully saturated rings. The number of nitrogens with one attached hydrogen (secondary N) is 1. The van der Waals surface area contributed by atoms with E-state index in [9.17, 15) is 9.59 Å². The predicted molar refractivity (Wildman–Crippen MR) is 96.7 cm³/mol. The maximum Gasteiger partial charge on any atom is 0.264 e. The van der Waals surface area contributed by atoms with Crippen molar-refractivity contribution in [3.05, 3.63) is 51.7 Å². The van der Waals surface area contributed by atoms with Crippen molar-refractivity contribution < 1.29 is 9.59 Å². The first kappa shape index (κ1) is 17.0. The van der Waals surface area contributed by atoms with E-state index in [0.29, 0.717) is 43.4 Å². The lowest BCUT2D eigenvalue weighted by atomic mass is 10.2. The number of halogens is 1. The maximum atomic E-state index is 12.3. The molecule has 2 amide bonds. The summed E-state index contributed by atoms with van der Waals surface area (Å²) in [5.74, 6) is 0.00308. The lowest BCUT2D eigenvalue weighted by Gasteiger charge is -2.34. The first-order valence-electron chi connectivity index (χ1n) is 7.72. The molecule has 0 atom stereocenters. The molecule has 2 aromatic rings. The molecule has 1 aliphatic rings. The molecule has 24 heavy (non-hydrogen) atoms. The average Bonchev–Trinajstić information content (AvgIpc) is 3.09. The quantitative estimate of drug-likeness (QED) is 0.908. The molecule has 0 aliphatic carbocycles. The molecule has 0 radical (unpaired) electrons. The third-order valence-corrected chi connectivity index (χ3v) is 4.96. The molecule has 0 saturated carbocycles. The highest BCUT2D eigenvalue weighted by molar-refractivity contribution is 7.12. The monoisotopic (exact) mass is 363 g/mol. The van der Waals surface area contributed by atoms with Gasteiger partial charge in [-0.15, -0.1) is 11.3 Å². The van der Waals surface area contributed by atoms with Crippen molar-refractivity contribution in [2.45, 2.75) is 0 Å². The molecule has 1 aromatic carbocycles. The Hall–Kier alpha value is -1.89. The largest absolute Gasteiger partial charge is 0.335 e. The summed E-state index contributed by atoms with van der Waals surface area (Å²) in [5, 5.41) is 5.34. The predicted octanol–water partition coefficient (Wildman–Crippen LogP) is 2.80. The smallest absolute Gasteiger partial charge is 0.264 e. The molecule has 2 heterocycles. The minimum atomic E-state index is -0.0738. The van der Waals surface area contributed by atoms with Gasteiger partial charge in [0, 0.05) is 36.9 Å². The highest BCUT2D eigenvalue weighted by Gasteiger charge is 2.23. The molecule has 3 rings (SSSR count). The summed E-state index contributed by atoms with van der Waals surface area (Å²) >= 11 is 7.37. The third kappa shape index (κ3) is 4.35. The van der Waals surface area contributed by atoms with E-state index in [1.165, 1.54) is 11.3 Å². The fraction of sp³-hybridized carbons (Fsp3) is 0.294. The SMILES string of the molecule is O=C(CN1CCN(C(=O)c2cccs2)CC1)Nc1cccc(Cl)c1. The number of thiophene rings is 1. The Balaban J connectivity index is 1.47. The Morgan fingerprint density at radius 1 is 1.12 bits per heavy atom. The van der Waals surface area contributed by atoms with Gasteiger partial charge in [0.2, 0.25) is 5.91 Å². The number of benzene rings is 1. The fourth-order valence-electron chi connectivity index (χ4n) is 2.64. The van der Waals surface area contributed by atoms with E-state index in [4.69, 9.17) is 11.6 Å². The van der Waals surface area contributed by atoms with Crippen LogP contribution >= 0.6 is 22.9 Å². The topological polar surface area (TPSA) is 52.7 Å². The Morgan fingerprint density at radius 3 is 2.58 bits per heavy atom. The number of carbonyl (C=O) groups excluding carboxylic acids is 2. The first-order chi connectivity index (χ1) is 11.6. The number of piperazine rings is 1. The van der Waals surface area contributed by atoms with Crippen LogP contribution in [0.4, 0.5) is 5.69 Å². The van der Waals surface area contributed by atoms with Crippen molar-refractivity contribution >= 4 is 40.4 Å². The minimum absolute atomic E-state index is 0.0738. The van der Waals surface area contributed by atoms with E-state index in [-0.39, 0.29) is 11.8 Å². The zero-order chi connectivity index (χ0) is 16.9. The maximum absolute atomic E-state index is 12.3. The van der Waals surface area contributed by atoms with Crippen LogP contribution in [0.5, 0.6) is 0 Å². The minimum Gasteiger partial charge on any atom is -0.335 e. The summed E-state index contributed by atoms with van der Waals surface area (Å²) in [6.07, 6.45) is 0. The van der Waals surface area contributed by atoms with E-state index < -0.39 is 0 Å². The molecular weight excluding hydrogens is 346 g/mol. The summed E-state index contributed by atoms with van der Waals surface area (Å²) in [5.41, 5.74) is 0.694. The second kappa shape index (κ2) is 7.79. The molecule has 0 spiro atoms. The van der Waals surface area contributed by atoms with E-state index in [0.717, 1.165) is 4.88 Å². The van der Waals surface area contributed by atoms with E-state index in [1.54, 1.807) is 24.3 Å². The number of nitrogens with zero attached hydrogens (tertiary/aromatic N) is 2. The van der Waals surface area contributed by atoms with Crippen molar-refractivity contribution in [2.75, 3.05) is 38.0 Å². The molecule has 7 heteroatoms. The normalized spacial score (nSPS) is 15.3. The van der Waals surface area contributed by atoms with Crippen molar-refractivity contribution in [1.29, 1.82) is 0 Å². The van der Waals surface area contributed by atoms with Gasteiger partial charge in [-0.05, 0) is 29.6 Å². The van der Waals surface area contributed by atoms with Gasteiger partial charge in [-0.25, -0.2) is 0 Å². The summed E-state index contributed by atoms with van der Waals surface area (Å²) in [7, 11) is 0. The van der Waals surface area contributed by atoms with Crippen LogP contribution < -0.4 is 5.32 Å². The van der Waals surface area contributed by atoms with Crippen LogP contribution in [-0.2, 0) is 4.79 Å². The Kier molecular flexibility index (Phi) is 5.50. The first-order valence-corrected chi connectivity index (χ1v) is 8.98.